The second-order valence-corrected chi connectivity index (χ2v) is 6.01. The molecule has 0 spiro atoms. The number of ether oxygens (including phenoxy) is 4. The first-order valence-corrected chi connectivity index (χ1v) is 8.00. The molecular formula is C17H18BrNO4. The van der Waals surface area contributed by atoms with Crippen LogP contribution in [-0.4, -0.2) is 21.0 Å². The Morgan fingerprint density at radius 3 is 2.65 bits per heavy atom. The Morgan fingerprint density at radius 1 is 1.04 bits per heavy atom. The summed E-state index contributed by atoms with van der Waals surface area (Å²) in [5.41, 5.74) is 2.16. The fourth-order valence-electron chi connectivity index (χ4n) is 2.53. The van der Waals surface area contributed by atoms with Gasteiger partial charge in [-0.3, -0.25) is 0 Å². The van der Waals surface area contributed by atoms with Gasteiger partial charge in [0.15, 0.2) is 23.0 Å². The fourth-order valence-corrected chi connectivity index (χ4v) is 3.01. The first-order chi connectivity index (χ1) is 11.2. The third kappa shape index (κ3) is 3.54. The number of nitrogens with one attached hydrogen (secondary N) is 1. The molecule has 5 nitrogen and oxygen atoms in total. The molecule has 0 amide bonds. The Hall–Kier alpha value is -1.92. The molecule has 0 bridgehead atoms. The number of fused-ring (bicyclic) bond motifs is 1. The lowest BCUT2D eigenvalue weighted by atomic mass is 10.1. The van der Waals surface area contributed by atoms with Gasteiger partial charge in [-0.15, -0.1) is 0 Å². The number of methoxy groups -OCH3 is 2. The number of hydrogen-bond acceptors (Lipinski definition) is 5. The van der Waals surface area contributed by atoms with Gasteiger partial charge < -0.3 is 24.3 Å². The summed E-state index contributed by atoms with van der Waals surface area (Å²) >= 11 is 3.49. The zero-order valence-corrected chi connectivity index (χ0v) is 14.6. The summed E-state index contributed by atoms with van der Waals surface area (Å²) in [6, 6.07) is 9.86. The van der Waals surface area contributed by atoms with Crippen molar-refractivity contribution in [3.05, 3.63) is 45.9 Å². The molecule has 1 aliphatic heterocycles. The summed E-state index contributed by atoms with van der Waals surface area (Å²) in [5.74, 6) is 3.05. The van der Waals surface area contributed by atoms with Crippen molar-refractivity contribution in [3.8, 4) is 23.0 Å². The van der Waals surface area contributed by atoms with Crippen molar-refractivity contribution in [2.45, 2.75) is 13.1 Å². The Balaban J connectivity index is 1.68. The molecule has 0 aromatic heterocycles. The maximum atomic E-state index is 5.46. The van der Waals surface area contributed by atoms with Crippen molar-refractivity contribution >= 4 is 15.9 Å². The predicted molar refractivity (Wildman–Crippen MR) is 90.4 cm³/mol. The van der Waals surface area contributed by atoms with Crippen molar-refractivity contribution < 1.29 is 18.9 Å². The Morgan fingerprint density at radius 2 is 1.87 bits per heavy atom. The molecule has 122 valence electrons. The number of halogens is 1. The summed E-state index contributed by atoms with van der Waals surface area (Å²) in [7, 11) is 3.28. The van der Waals surface area contributed by atoms with Crippen LogP contribution in [0.1, 0.15) is 11.1 Å². The largest absolute Gasteiger partial charge is 0.493 e. The van der Waals surface area contributed by atoms with E-state index in [9.17, 15) is 0 Å². The van der Waals surface area contributed by atoms with Crippen molar-refractivity contribution in [1.29, 1.82) is 0 Å². The lowest BCUT2D eigenvalue weighted by Gasteiger charge is -2.14. The van der Waals surface area contributed by atoms with Gasteiger partial charge in [-0.25, -0.2) is 0 Å². The van der Waals surface area contributed by atoms with Crippen LogP contribution in [0.5, 0.6) is 23.0 Å². The summed E-state index contributed by atoms with van der Waals surface area (Å²) in [6.07, 6.45) is 0. The van der Waals surface area contributed by atoms with Gasteiger partial charge >= 0.3 is 0 Å². The highest BCUT2D eigenvalue weighted by Gasteiger charge is 2.14. The summed E-state index contributed by atoms with van der Waals surface area (Å²) in [6.45, 7) is 1.67. The van der Waals surface area contributed by atoms with Crippen molar-refractivity contribution in [1.82, 2.24) is 5.32 Å². The van der Waals surface area contributed by atoms with Crippen LogP contribution in [0.4, 0.5) is 0 Å². The SMILES string of the molecule is COc1cc(Br)cc(CNCc2ccc3c(c2)OCO3)c1OC. The molecule has 0 atom stereocenters. The van der Waals surface area contributed by atoms with Crippen LogP contribution in [0.2, 0.25) is 0 Å². The molecule has 23 heavy (non-hydrogen) atoms. The van der Waals surface area contributed by atoms with E-state index in [0.29, 0.717) is 25.6 Å². The average Bonchev–Trinajstić information content (AvgIpc) is 3.02. The van der Waals surface area contributed by atoms with Crippen LogP contribution in [-0.2, 0) is 13.1 Å². The van der Waals surface area contributed by atoms with Crippen LogP contribution < -0.4 is 24.3 Å². The Labute approximate surface area is 143 Å². The number of benzene rings is 2. The maximum Gasteiger partial charge on any atom is 0.231 e. The fraction of sp³-hybridized carbons (Fsp3) is 0.294. The van der Waals surface area contributed by atoms with Crippen LogP contribution in [0, 0.1) is 0 Å². The minimum Gasteiger partial charge on any atom is -0.493 e. The highest BCUT2D eigenvalue weighted by atomic mass is 79.9. The van der Waals surface area contributed by atoms with Crippen LogP contribution in [0.3, 0.4) is 0 Å². The van der Waals surface area contributed by atoms with Gasteiger partial charge in [-0.1, -0.05) is 22.0 Å². The normalized spacial score (nSPS) is 12.3. The zero-order chi connectivity index (χ0) is 16.2. The molecular weight excluding hydrogens is 362 g/mol. The molecule has 0 saturated carbocycles. The van der Waals surface area contributed by atoms with Gasteiger partial charge in [-0.2, -0.15) is 0 Å². The van der Waals surface area contributed by atoms with Gasteiger partial charge in [0.2, 0.25) is 6.79 Å². The van der Waals surface area contributed by atoms with E-state index in [4.69, 9.17) is 18.9 Å². The molecule has 0 fully saturated rings. The van der Waals surface area contributed by atoms with E-state index >= 15 is 0 Å². The molecule has 0 unspecified atom stereocenters. The van der Waals surface area contributed by atoms with Crippen LogP contribution in [0.15, 0.2) is 34.8 Å². The molecule has 1 heterocycles. The van der Waals surface area contributed by atoms with E-state index in [1.807, 2.05) is 30.3 Å². The number of rotatable bonds is 6. The summed E-state index contributed by atoms with van der Waals surface area (Å²) in [4.78, 5) is 0. The highest BCUT2D eigenvalue weighted by Crippen LogP contribution is 2.35. The lowest BCUT2D eigenvalue weighted by molar-refractivity contribution is 0.174. The van der Waals surface area contributed by atoms with Gasteiger partial charge in [0, 0.05) is 23.1 Å². The van der Waals surface area contributed by atoms with Gasteiger partial charge in [0.1, 0.15) is 0 Å². The molecule has 0 radical (unpaired) electrons. The van der Waals surface area contributed by atoms with E-state index < -0.39 is 0 Å². The molecule has 6 heteroatoms. The van der Waals surface area contributed by atoms with E-state index in [1.165, 1.54) is 0 Å². The third-order valence-corrected chi connectivity index (χ3v) is 4.06. The minimum absolute atomic E-state index is 0.293. The zero-order valence-electron chi connectivity index (χ0n) is 13.0. The van der Waals surface area contributed by atoms with Gasteiger partial charge in [0.05, 0.1) is 14.2 Å². The van der Waals surface area contributed by atoms with Crippen LogP contribution >= 0.6 is 15.9 Å². The Bertz CT molecular complexity index is 705. The highest BCUT2D eigenvalue weighted by molar-refractivity contribution is 9.10. The molecule has 1 N–H and O–H groups in total. The molecule has 2 aromatic carbocycles. The van der Waals surface area contributed by atoms with Crippen molar-refractivity contribution in [3.63, 3.8) is 0 Å². The molecule has 1 aliphatic rings. The third-order valence-electron chi connectivity index (χ3n) is 3.60. The molecule has 0 aliphatic carbocycles. The standard InChI is InChI=1S/C17H18BrNO4/c1-20-16-7-13(18)6-12(17(16)21-2)9-19-8-11-3-4-14-15(5-11)23-10-22-14/h3-7,19H,8-10H2,1-2H3. The second kappa shape index (κ2) is 7.10. The predicted octanol–water partition coefficient (Wildman–Crippen LogP) is 3.48. The quantitative estimate of drug-likeness (QED) is 0.832. The number of hydrogen-bond donors (Lipinski definition) is 1. The second-order valence-electron chi connectivity index (χ2n) is 5.09. The van der Waals surface area contributed by atoms with Gasteiger partial charge in [0.25, 0.3) is 0 Å². The lowest BCUT2D eigenvalue weighted by Crippen LogP contribution is -2.13. The first-order valence-electron chi connectivity index (χ1n) is 7.21. The smallest absolute Gasteiger partial charge is 0.231 e. The Kier molecular flexibility index (Phi) is 4.93. The van der Waals surface area contributed by atoms with Crippen molar-refractivity contribution in [2.75, 3.05) is 21.0 Å². The summed E-state index contributed by atoms with van der Waals surface area (Å²) in [5, 5.41) is 3.41. The minimum atomic E-state index is 0.293. The van der Waals surface area contributed by atoms with E-state index in [1.54, 1.807) is 14.2 Å². The molecule has 3 rings (SSSR count). The summed E-state index contributed by atoms with van der Waals surface area (Å²) < 4.78 is 22.5. The van der Waals surface area contributed by atoms with E-state index in [-0.39, 0.29) is 0 Å². The topological polar surface area (TPSA) is 49.0 Å². The first kappa shape index (κ1) is 16.0. The molecule has 2 aromatic rings. The van der Waals surface area contributed by atoms with E-state index in [0.717, 1.165) is 32.8 Å². The molecule has 0 saturated heterocycles. The average molecular weight is 380 g/mol. The van der Waals surface area contributed by atoms with Crippen molar-refractivity contribution in [2.24, 2.45) is 0 Å². The van der Waals surface area contributed by atoms with Gasteiger partial charge in [-0.05, 0) is 29.8 Å². The monoisotopic (exact) mass is 379 g/mol. The maximum absolute atomic E-state index is 5.46. The van der Waals surface area contributed by atoms with E-state index in [2.05, 4.69) is 21.2 Å². The van der Waals surface area contributed by atoms with Crippen LogP contribution in [0.25, 0.3) is 0 Å².